The monoisotopic (exact) mass is 244 g/mol. The van der Waals surface area contributed by atoms with Crippen LogP contribution in [0.5, 0.6) is 0 Å². The molecule has 0 aromatic heterocycles. The molecule has 3 atom stereocenters. The number of amides is 1. The van der Waals surface area contributed by atoms with E-state index in [1.54, 1.807) is 0 Å². The molecule has 3 nitrogen and oxygen atoms in total. The molecule has 1 saturated heterocycles. The summed E-state index contributed by atoms with van der Waals surface area (Å²) in [6.45, 7) is 2.10. The second-order valence-electron chi connectivity index (χ2n) is 5.58. The van der Waals surface area contributed by atoms with E-state index < -0.39 is 0 Å². The van der Waals surface area contributed by atoms with Gasteiger partial charge in [-0.25, -0.2) is 5.43 Å². The van der Waals surface area contributed by atoms with E-state index in [-0.39, 0.29) is 17.9 Å². The molecule has 1 aliphatic heterocycles. The Labute approximate surface area is 108 Å². The third-order valence-corrected chi connectivity index (χ3v) is 4.37. The fourth-order valence-corrected chi connectivity index (χ4v) is 3.34. The maximum Gasteiger partial charge on any atom is 0.237 e. The molecule has 3 heteroatoms. The highest BCUT2D eigenvalue weighted by Crippen LogP contribution is 2.40. The SMILES string of the molecule is Cc1ccc([C@@H]2NNC(=O)[C@@H]3CCCC[C@@H]32)cc1. The van der Waals surface area contributed by atoms with Gasteiger partial charge in [0.2, 0.25) is 5.91 Å². The van der Waals surface area contributed by atoms with Crippen LogP contribution < -0.4 is 10.9 Å². The molecular formula is C15H20N2O. The van der Waals surface area contributed by atoms with E-state index in [0.29, 0.717) is 5.92 Å². The van der Waals surface area contributed by atoms with Gasteiger partial charge in [-0.3, -0.25) is 10.2 Å². The minimum atomic E-state index is 0.183. The molecule has 3 rings (SSSR count). The average molecular weight is 244 g/mol. The van der Waals surface area contributed by atoms with Crippen molar-refractivity contribution < 1.29 is 4.79 Å². The Morgan fingerprint density at radius 3 is 2.61 bits per heavy atom. The highest BCUT2D eigenvalue weighted by molar-refractivity contribution is 5.79. The lowest BCUT2D eigenvalue weighted by atomic mass is 9.72. The topological polar surface area (TPSA) is 41.1 Å². The number of carbonyl (C=O) groups is 1. The summed E-state index contributed by atoms with van der Waals surface area (Å²) in [4.78, 5) is 11.9. The van der Waals surface area contributed by atoms with Crippen molar-refractivity contribution in [3.05, 3.63) is 35.4 Å². The van der Waals surface area contributed by atoms with Crippen LogP contribution in [-0.2, 0) is 4.79 Å². The number of hydrogen-bond acceptors (Lipinski definition) is 2. The number of nitrogens with one attached hydrogen (secondary N) is 2. The first-order chi connectivity index (χ1) is 8.75. The van der Waals surface area contributed by atoms with Gasteiger partial charge in [0.25, 0.3) is 0 Å². The Morgan fingerprint density at radius 1 is 1.11 bits per heavy atom. The van der Waals surface area contributed by atoms with Gasteiger partial charge in [0.15, 0.2) is 0 Å². The second kappa shape index (κ2) is 4.73. The number of hydrazine groups is 1. The van der Waals surface area contributed by atoms with Crippen LogP contribution in [0.25, 0.3) is 0 Å². The quantitative estimate of drug-likeness (QED) is 0.797. The molecule has 1 saturated carbocycles. The highest BCUT2D eigenvalue weighted by Gasteiger charge is 2.40. The van der Waals surface area contributed by atoms with Crippen molar-refractivity contribution in [2.24, 2.45) is 11.8 Å². The Balaban J connectivity index is 1.87. The minimum Gasteiger partial charge on any atom is -0.291 e. The molecule has 0 spiro atoms. The number of carbonyl (C=O) groups excluding carboxylic acids is 1. The van der Waals surface area contributed by atoms with Gasteiger partial charge < -0.3 is 0 Å². The average Bonchev–Trinajstić information content (AvgIpc) is 2.41. The zero-order valence-corrected chi connectivity index (χ0v) is 10.8. The first-order valence-electron chi connectivity index (χ1n) is 6.87. The molecule has 2 aliphatic rings. The van der Waals surface area contributed by atoms with Crippen molar-refractivity contribution in [1.82, 2.24) is 10.9 Å². The van der Waals surface area contributed by atoms with Crippen LogP contribution in [0.4, 0.5) is 0 Å². The normalized spacial score (nSPS) is 31.6. The maximum absolute atomic E-state index is 11.9. The zero-order chi connectivity index (χ0) is 12.5. The summed E-state index contributed by atoms with van der Waals surface area (Å²) in [6, 6.07) is 8.91. The van der Waals surface area contributed by atoms with Crippen LogP contribution in [0.15, 0.2) is 24.3 Å². The van der Waals surface area contributed by atoms with Gasteiger partial charge in [-0.15, -0.1) is 0 Å². The molecule has 0 unspecified atom stereocenters. The third kappa shape index (κ3) is 2.03. The van der Waals surface area contributed by atoms with E-state index in [9.17, 15) is 4.79 Å². The van der Waals surface area contributed by atoms with E-state index in [1.807, 2.05) is 0 Å². The smallest absolute Gasteiger partial charge is 0.237 e. The number of hydrogen-bond donors (Lipinski definition) is 2. The lowest BCUT2D eigenvalue weighted by Gasteiger charge is -2.41. The molecule has 1 heterocycles. The van der Waals surface area contributed by atoms with E-state index in [4.69, 9.17) is 0 Å². The van der Waals surface area contributed by atoms with Gasteiger partial charge in [0.1, 0.15) is 0 Å². The molecule has 1 amide bonds. The summed E-state index contributed by atoms with van der Waals surface area (Å²) in [6.07, 6.45) is 4.64. The summed E-state index contributed by atoms with van der Waals surface area (Å²) in [5, 5.41) is 0. The van der Waals surface area contributed by atoms with Crippen LogP contribution in [0.3, 0.4) is 0 Å². The number of fused-ring (bicyclic) bond motifs is 1. The fourth-order valence-electron chi connectivity index (χ4n) is 3.34. The molecule has 0 bridgehead atoms. The van der Waals surface area contributed by atoms with Gasteiger partial charge in [0, 0.05) is 5.92 Å². The van der Waals surface area contributed by atoms with E-state index in [2.05, 4.69) is 42.0 Å². The molecule has 96 valence electrons. The van der Waals surface area contributed by atoms with Crippen LogP contribution in [0.1, 0.15) is 42.9 Å². The number of rotatable bonds is 1. The van der Waals surface area contributed by atoms with Crippen LogP contribution >= 0.6 is 0 Å². The Bertz CT molecular complexity index is 440. The first kappa shape index (κ1) is 11.7. The summed E-state index contributed by atoms with van der Waals surface area (Å²) >= 11 is 0. The summed E-state index contributed by atoms with van der Waals surface area (Å²) in [7, 11) is 0. The number of benzene rings is 1. The predicted octanol–water partition coefficient (Wildman–Crippen LogP) is 2.48. The van der Waals surface area contributed by atoms with Crippen molar-refractivity contribution in [1.29, 1.82) is 0 Å². The van der Waals surface area contributed by atoms with Crippen molar-refractivity contribution in [2.45, 2.75) is 38.6 Å². The van der Waals surface area contributed by atoms with Crippen LogP contribution in [0.2, 0.25) is 0 Å². The first-order valence-corrected chi connectivity index (χ1v) is 6.87. The Hall–Kier alpha value is -1.35. The van der Waals surface area contributed by atoms with Gasteiger partial charge in [-0.05, 0) is 31.2 Å². The van der Waals surface area contributed by atoms with Gasteiger partial charge in [-0.2, -0.15) is 0 Å². The molecule has 2 fully saturated rings. The molecule has 1 aliphatic carbocycles. The summed E-state index contributed by atoms with van der Waals surface area (Å²) in [5.74, 6) is 0.838. The lowest BCUT2D eigenvalue weighted by Crippen LogP contribution is -2.55. The molecule has 2 N–H and O–H groups in total. The molecule has 0 radical (unpaired) electrons. The van der Waals surface area contributed by atoms with Crippen molar-refractivity contribution >= 4 is 5.91 Å². The van der Waals surface area contributed by atoms with E-state index in [1.165, 1.54) is 24.0 Å². The maximum atomic E-state index is 11.9. The van der Waals surface area contributed by atoms with Gasteiger partial charge in [-0.1, -0.05) is 42.7 Å². The molecule has 1 aromatic rings. The molecule has 1 aromatic carbocycles. The summed E-state index contributed by atoms with van der Waals surface area (Å²) in [5.41, 5.74) is 8.63. The highest BCUT2D eigenvalue weighted by atomic mass is 16.2. The van der Waals surface area contributed by atoms with Crippen molar-refractivity contribution in [2.75, 3.05) is 0 Å². The Morgan fingerprint density at radius 2 is 1.83 bits per heavy atom. The lowest BCUT2D eigenvalue weighted by molar-refractivity contribution is -0.133. The Kier molecular flexibility index (Phi) is 3.08. The molecule has 18 heavy (non-hydrogen) atoms. The fraction of sp³-hybridized carbons (Fsp3) is 0.533. The molecular weight excluding hydrogens is 224 g/mol. The predicted molar refractivity (Wildman–Crippen MR) is 70.6 cm³/mol. The van der Waals surface area contributed by atoms with E-state index >= 15 is 0 Å². The third-order valence-electron chi connectivity index (χ3n) is 4.37. The van der Waals surface area contributed by atoms with Gasteiger partial charge >= 0.3 is 0 Å². The van der Waals surface area contributed by atoms with Crippen LogP contribution in [-0.4, -0.2) is 5.91 Å². The minimum absolute atomic E-state index is 0.183. The largest absolute Gasteiger partial charge is 0.291 e. The second-order valence-corrected chi connectivity index (χ2v) is 5.58. The van der Waals surface area contributed by atoms with Crippen LogP contribution in [0, 0.1) is 18.8 Å². The summed E-state index contributed by atoms with van der Waals surface area (Å²) < 4.78 is 0. The number of aryl methyl sites for hydroxylation is 1. The van der Waals surface area contributed by atoms with Gasteiger partial charge in [0.05, 0.1) is 6.04 Å². The van der Waals surface area contributed by atoms with Crippen molar-refractivity contribution in [3.8, 4) is 0 Å². The van der Waals surface area contributed by atoms with E-state index in [0.717, 1.165) is 12.8 Å². The zero-order valence-electron chi connectivity index (χ0n) is 10.8. The standard InChI is InChI=1S/C15H20N2O/c1-10-6-8-11(9-7-10)14-12-4-2-3-5-13(12)15(18)17-16-14/h6-9,12-14,16H,2-5H2,1H3,(H,17,18)/t12-,13+,14-/m0/s1. The van der Waals surface area contributed by atoms with Crippen molar-refractivity contribution in [3.63, 3.8) is 0 Å².